The van der Waals surface area contributed by atoms with Crippen molar-refractivity contribution in [3.63, 3.8) is 0 Å². The van der Waals surface area contributed by atoms with Crippen LogP contribution in [0.1, 0.15) is 21.5 Å². The van der Waals surface area contributed by atoms with Gasteiger partial charge in [-0.1, -0.05) is 42.0 Å². The number of hydrogen-bond donors (Lipinski definition) is 0. The van der Waals surface area contributed by atoms with E-state index in [0.717, 1.165) is 40.8 Å². The second-order valence-corrected chi connectivity index (χ2v) is 6.72. The summed E-state index contributed by atoms with van der Waals surface area (Å²) in [5, 5.41) is 1.12. The maximum atomic E-state index is 12.8. The van der Waals surface area contributed by atoms with E-state index in [4.69, 9.17) is 4.74 Å². The van der Waals surface area contributed by atoms with E-state index >= 15 is 0 Å². The zero-order valence-corrected chi connectivity index (χ0v) is 14.9. The Bertz CT molecular complexity index is 932. The highest BCUT2D eigenvalue weighted by atomic mass is 16.5. The third kappa shape index (κ3) is 3.33. The number of pyridine rings is 1. The second-order valence-electron chi connectivity index (χ2n) is 6.72. The molecule has 0 saturated carbocycles. The Hall–Kier alpha value is -2.72. The van der Waals surface area contributed by atoms with Crippen LogP contribution < -0.4 is 4.90 Å². The first-order chi connectivity index (χ1) is 12.7. The van der Waals surface area contributed by atoms with Crippen molar-refractivity contribution in [1.29, 1.82) is 0 Å². The molecule has 1 aliphatic heterocycles. The van der Waals surface area contributed by atoms with Crippen LogP contribution in [0.3, 0.4) is 0 Å². The summed E-state index contributed by atoms with van der Waals surface area (Å²) >= 11 is 0. The van der Waals surface area contributed by atoms with Gasteiger partial charge in [0.15, 0.2) is 5.78 Å². The van der Waals surface area contributed by atoms with Crippen LogP contribution in [-0.4, -0.2) is 37.1 Å². The van der Waals surface area contributed by atoms with Gasteiger partial charge in [0.1, 0.15) is 0 Å². The molecule has 0 bridgehead atoms. The lowest BCUT2D eigenvalue weighted by molar-refractivity contribution is 0.0993. The molecule has 0 spiro atoms. The molecule has 1 aliphatic rings. The average molecular weight is 346 g/mol. The fraction of sp³-hybridized carbons (Fsp3) is 0.273. The molecule has 2 aromatic carbocycles. The van der Waals surface area contributed by atoms with Crippen LogP contribution in [0.15, 0.2) is 54.7 Å². The molecule has 4 rings (SSSR count). The van der Waals surface area contributed by atoms with E-state index in [2.05, 4.69) is 35.0 Å². The number of carbonyl (C=O) groups is 1. The highest BCUT2D eigenvalue weighted by Gasteiger charge is 2.20. The molecular formula is C22H22N2O2. The molecule has 0 aliphatic carbocycles. The van der Waals surface area contributed by atoms with Gasteiger partial charge in [0.25, 0.3) is 0 Å². The van der Waals surface area contributed by atoms with Crippen molar-refractivity contribution in [3.05, 3.63) is 71.4 Å². The molecule has 4 heteroatoms. The fourth-order valence-electron chi connectivity index (χ4n) is 3.52. The summed E-state index contributed by atoms with van der Waals surface area (Å²) in [6.45, 7) is 5.17. The Morgan fingerprint density at radius 2 is 1.88 bits per heavy atom. The van der Waals surface area contributed by atoms with Crippen molar-refractivity contribution in [2.24, 2.45) is 0 Å². The number of ether oxygens (including phenoxy) is 1. The summed E-state index contributed by atoms with van der Waals surface area (Å²) in [5.74, 6) is 0.119. The highest BCUT2D eigenvalue weighted by molar-refractivity contribution is 6.01. The molecule has 4 nitrogen and oxygen atoms in total. The predicted molar refractivity (Wildman–Crippen MR) is 104 cm³/mol. The van der Waals surface area contributed by atoms with Gasteiger partial charge in [-0.3, -0.25) is 9.78 Å². The smallest absolute Gasteiger partial charge is 0.167 e. The van der Waals surface area contributed by atoms with Crippen LogP contribution in [0.25, 0.3) is 10.9 Å². The summed E-state index contributed by atoms with van der Waals surface area (Å²) in [6.07, 6.45) is 2.22. The second kappa shape index (κ2) is 7.26. The monoisotopic (exact) mass is 346 g/mol. The Morgan fingerprint density at radius 3 is 2.65 bits per heavy atom. The SMILES string of the molecule is Cc1ccc2ncc(CC(=O)c3ccccc3)c(N3CCOCC3)c2c1. The molecule has 1 fully saturated rings. The minimum absolute atomic E-state index is 0.119. The summed E-state index contributed by atoms with van der Waals surface area (Å²) in [5.41, 5.74) is 5.02. The van der Waals surface area contributed by atoms with Crippen molar-refractivity contribution in [3.8, 4) is 0 Å². The quantitative estimate of drug-likeness (QED) is 0.674. The number of nitrogens with zero attached hydrogens (tertiary/aromatic N) is 2. The van der Waals surface area contributed by atoms with E-state index in [1.54, 1.807) is 0 Å². The van der Waals surface area contributed by atoms with Gasteiger partial charge in [-0.2, -0.15) is 0 Å². The topological polar surface area (TPSA) is 42.4 Å². The number of aromatic nitrogens is 1. The number of fused-ring (bicyclic) bond motifs is 1. The zero-order valence-electron chi connectivity index (χ0n) is 14.9. The Morgan fingerprint density at radius 1 is 1.12 bits per heavy atom. The maximum absolute atomic E-state index is 12.8. The Balaban J connectivity index is 1.79. The van der Waals surface area contributed by atoms with Crippen molar-refractivity contribution in [2.75, 3.05) is 31.2 Å². The van der Waals surface area contributed by atoms with Gasteiger partial charge in [-0.15, -0.1) is 0 Å². The van der Waals surface area contributed by atoms with Crippen LogP contribution in [0.2, 0.25) is 0 Å². The van der Waals surface area contributed by atoms with E-state index in [1.807, 2.05) is 36.5 Å². The molecule has 0 amide bonds. The van der Waals surface area contributed by atoms with Crippen LogP contribution >= 0.6 is 0 Å². The van der Waals surface area contributed by atoms with Gasteiger partial charge < -0.3 is 9.64 Å². The number of anilines is 1. The molecule has 1 saturated heterocycles. The van der Waals surface area contributed by atoms with Gasteiger partial charge >= 0.3 is 0 Å². The van der Waals surface area contributed by atoms with Crippen LogP contribution in [0, 0.1) is 6.92 Å². The number of rotatable bonds is 4. The summed E-state index contributed by atoms with van der Waals surface area (Å²) in [6, 6.07) is 15.8. The average Bonchev–Trinajstić information content (AvgIpc) is 2.69. The zero-order chi connectivity index (χ0) is 17.9. The Labute approximate surface area is 153 Å². The molecule has 0 atom stereocenters. The van der Waals surface area contributed by atoms with Gasteiger partial charge in [0, 0.05) is 42.2 Å². The first-order valence-electron chi connectivity index (χ1n) is 9.01. The molecule has 1 aromatic heterocycles. The molecule has 132 valence electrons. The summed E-state index contributed by atoms with van der Waals surface area (Å²) < 4.78 is 5.52. The molecule has 0 unspecified atom stereocenters. The maximum Gasteiger partial charge on any atom is 0.167 e. The number of morpholine rings is 1. The number of benzene rings is 2. The first kappa shape index (κ1) is 16.7. The van der Waals surface area contributed by atoms with Gasteiger partial charge in [0.05, 0.1) is 24.4 Å². The largest absolute Gasteiger partial charge is 0.378 e. The van der Waals surface area contributed by atoms with Crippen molar-refractivity contribution < 1.29 is 9.53 Å². The molecule has 2 heterocycles. The minimum Gasteiger partial charge on any atom is -0.378 e. The van der Waals surface area contributed by atoms with E-state index < -0.39 is 0 Å². The van der Waals surface area contributed by atoms with E-state index in [1.165, 1.54) is 5.56 Å². The normalized spacial score (nSPS) is 14.6. The number of aryl methyl sites for hydroxylation is 1. The van der Waals surface area contributed by atoms with Crippen LogP contribution in [-0.2, 0) is 11.2 Å². The fourth-order valence-corrected chi connectivity index (χ4v) is 3.52. The molecular weight excluding hydrogens is 324 g/mol. The lowest BCUT2D eigenvalue weighted by Crippen LogP contribution is -2.37. The summed E-state index contributed by atoms with van der Waals surface area (Å²) in [7, 11) is 0. The third-order valence-electron chi connectivity index (χ3n) is 4.84. The van der Waals surface area contributed by atoms with Gasteiger partial charge in [-0.05, 0) is 19.1 Å². The number of carbonyl (C=O) groups excluding carboxylic acids is 1. The van der Waals surface area contributed by atoms with Crippen molar-refractivity contribution in [2.45, 2.75) is 13.3 Å². The number of Topliss-reactive ketones (excluding diaryl/α,β-unsaturated/α-hetero) is 1. The Kier molecular flexibility index (Phi) is 4.67. The van der Waals surface area contributed by atoms with Crippen molar-refractivity contribution >= 4 is 22.4 Å². The molecule has 3 aromatic rings. The molecule has 26 heavy (non-hydrogen) atoms. The van der Waals surface area contributed by atoms with Crippen molar-refractivity contribution in [1.82, 2.24) is 4.98 Å². The summed E-state index contributed by atoms with van der Waals surface area (Å²) in [4.78, 5) is 19.7. The standard InChI is InChI=1S/C22H22N2O2/c1-16-7-8-20-19(13-16)22(24-9-11-26-12-10-24)18(15-23-20)14-21(25)17-5-3-2-4-6-17/h2-8,13,15H,9-12,14H2,1H3. The third-order valence-corrected chi connectivity index (χ3v) is 4.84. The molecule has 0 radical (unpaired) electrons. The number of ketones is 1. The first-order valence-corrected chi connectivity index (χ1v) is 9.01. The van der Waals surface area contributed by atoms with Gasteiger partial charge in [0.2, 0.25) is 0 Å². The molecule has 0 N–H and O–H groups in total. The minimum atomic E-state index is 0.119. The highest BCUT2D eigenvalue weighted by Crippen LogP contribution is 2.32. The van der Waals surface area contributed by atoms with E-state index in [9.17, 15) is 4.79 Å². The number of hydrogen-bond acceptors (Lipinski definition) is 4. The van der Waals surface area contributed by atoms with Crippen LogP contribution in [0.4, 0.5) is 5.69 Å². The van der Waals surface area contributed by atoms with Gasteiger partial charge in [-0.25, -0.2) is 0 Å². The lowest BCUT2D eigenvalue weighted by atomic mass is 9.99. The van der Waals surface area contributed by atoms with Crippen LogP contribution in [0.5, 0.6) is 0 Å². The van der Waals surface area contributed by atoms with E-state index in [-0.39, 0.29) is 5.78 Å². The lowest BCUT2D eigenvalue weighted by Gasteiger charge is -2.31. The van der Waals surface area contributed by atoms with E-state index in [0.29, 0.717) is 19.6 Å². The predicted octanol–water partition coefficient (Wildman–Crippen LogP) is 3.81.